The van der Waals surface area contributed by atoms with E-state index in [9.17, 15) is 0 Å². The highest BCUT2D eigenvalue weighted by Gasteiger charge is 2.25. The summed E-state index contributed by atoms with van der Waals surface area (Å²) in [7, 11) is 0. The first-order chi connectivity index (χ1) is 70.0. The van der Waals surface area contributed by atoms with Crippen LogP contribution in [-0.4, -0.2) is 29.9 Å². The smallest absolute Gasteiger partial charge is 0.0973 e. The van der Waals surface area contributed by atoms with Gasteiger partial charge in [-0.15, -0.1) is 0 Å². The van der Waals surface area contributed by atoms with Crippen LogP contribution in [0.4, 0.5) is 51.2 Å². The van der Waals surface area contributed by atoms with Crippen LogP contribution in [0.5, 0.6) is 0 Å². The van der Waals surface area contributed by atoms with Crippen molar-refractivity contribution in [3.8, 4) is 134 Å². The number of aromatic nitrogens is 6. The van der Waals surface area contributed by atoms with Crippen LogP contribution in [0.2, 0.25) is 0 Å². The van der Waals surface area contributed by atoms with Crippen LogP contribution in [0.15, 0.2) is 564 Å². The molecule has 9 nitrogen and oxygen atoms in total. The first-order valence-corrected chi connectivity index (χ1v) is 47.5. The predicted octanol–water partition coefficient (Wildman–Crippen LogP) is 35.3. The van der Waals surface area contributed by atoms with E-state index in [-0.39, 0.29) is 0 Å². The molecule has 141 heavy (non-hydrogen) atoms. The number of rotatable bonds is 21. The minimum absolute atomic E-state index is 0.866. The lowest BCUT2D eigenvalue weighted by Crippen LogP contribution is -2.11. The summed E-state index contributed by atoms with van der Waals surface area (Å²) in [4.78, 5) is 37.6. The quantitative estimate of drug-likeness (QED) is 0.0698. The van der Waals surface area contributed by atoms with E-state index in [4.69, 9.17) is 29.9 Å². The topological polar surface area (TPSA) is 87.1 Å². The van der Waals surface area contributed by atoms with Crippen molar-refractivity contribution in [1.82, 2.24) is 29.9 Å². The summed E-state index contributed by atoms with van der Waals surface area (Å²) in [6, 6.07) is 197. The molecule has 0 aliphatic carbocycles. The van der Waals surface area contributed by atoms with Crippen molar-refractivity contribution in [1.29, 1.82) is 0 Å². The molecule has 3 aromatic heterocycles. The van der Waals surface area contributed by atoms with Crippen molar-refractivity contribution in [2.45, 2.75) is 0 Å². The van der Waals surface area contributed by atoms with Gasteiger partial charge in [-0.2, -0.15) is 0 Å². The molecule has 0 unspecified atom stereocenters. The summed E-state index contributed by atoms with van der Waals surface area (Å²) in [5.74, 6) is 0. The molecule has 0 bridgehead atoms. The van der Waals surface area contributed by atoms with Gasteiger partial charge in [0.2, 0.25) is 0 Å². The standard InChI is InChI=1S/3C44H31N3/c1-4-14-32(15-5-1)33-24-26-34(27-25-33)39-20-10-13-23-42(39)47(37-18-8-3-9-19-37)38-30-28-36(29-31-38)44-43(35-16-6-2-7-17-35)45-40-21-11-12-22-41(40)46-44;1-4-16-32(17-5-1)37-22-10-11-23-38(37)39-24-12-15-27-42(39)47(35-20-8-3-9-21-35)36-30-28-34(29-31-36)44-43(33-18-6-2-7-19-33)45-40-25-13-14-26-41(40)46-44;1-4-15-32(16-5-1)39-23-10-11-24-40(39)35-19-14-22-38(31-35)47(36-20-8-3-9-21-36)37-29-27-34(28-30-37)44-43(33-17-6-2-7-18-33)45-41-25-12-13-26-42(41)46-44/h3*1-31H. The molecular formula is C132H93N9. The molecule has 3 heterocycles. The minimum atomic E-state index is 0.866. The van der Waals surface area contributed by atoms with Crippen LogP contribution in [0.1, 0.15) is 0 Å². The molecule has 0 N–H and O–H groups in total. The Labute approximate surface area is 821 Å². The molecule has 24 rings (SSSR count). The molecular weight excluding hydrogens is 1710 g/mol. The average Bonchev–Trinajstić information content (AvgIpc) is 0.776. The lowest BCUT2D eigenvalue weighted by molar-refractivity contribution is 1.27. The van der Waals surface area contributed by atoms with Gasteiger partial charge in [-0.05, 0) is 189 Å². The number of nitrogens with zero attached hydrogens (tertiary/aromatic N) is 9. The van der Waals surface area contributed by atoms with Gasteiger partial charge in [-0.3, -0.25) is 0 Å². The van der Waals surface area contributed by atoms with Crippen LogP contribution in [0.25, 0.3) is 167 Å². The van der Waals surface area contributed by atoms with Crippen LogP contribution < -0.4 is 14.7 Å². The molecule has 0 saturated heterocycles. The van der Waals surface area contributed by atoms with Gasteiger partial charge >= 0.3 is 0 Å². The van der Waals surface area contributed by atoms with E-state index in [1.165, 1.54) is 50.1 Å². The van der Waals surface area contributed by atoms with E-state index in [1.54, 1.807) is 0 Å². The van der Waals surface area contributed by atoms with Gasteiger partial charge < -0.3 is 14.7 Å². The summed E-state index contributed by atoms with van der Waals surface area (Å²) in [5, 5.41) is 0. The second-order valence-corrected chi connectivity index (χ2v) is 34.3. The van der Waals surface area contributed by atoms with Crippen molar-refractivity contribution in [2.24, 2.45) is 0 Å². The second kappa shape index (κ2) is 41.1. The molecule has 0 saturated carbocycles. The predicted molar refractivity (Wildman–Crippen MR) is 588 cm³/mol. The van der Waals surface area contributed by atoms with E-state index < -0.39 is 0 Å². The Morgan fingerprint density at radius 3 is 0.645 bits per heavy atom. The second-order valence-electron chi connectivity index (χ2n) is 34.3. The molecule has 21 aromatic carbocycles. The SMILES string of the molecule is c1ccc(-c2ccc(-c3ccccc3N(c3ccccc3)c3ccc(-c4nc5ccccc5nc4-c4ccccc4)cc3)cc2)cc1.c1ccc(-c2ccccc2-c2cccc(N(c3ccccc3)c3ccc(-c4nc5ccccc5nc4-c4ccccc4)cc3)c2)cc1.c1ccc(-c2ccccc2-c2ccccc2N(c2ccccc2)c2ccc(-c3nc4ccccc4nc3-c3ccccc3)cc2)cc1. The highest BCUT2D eigenvalue weighted by molar-refractivity contribution is 5.98. The summed E-state index contributed by atoms with van der Waals surface area (Å²) < 4.78 is 0. The van der Waals surface area contributed by atoms with Crippen molar-refractivity contribution in [3.63, 3.8) is 0 Å². The average molecular weight is 1810 g/mol. The number of para-hydroxylation sites is 11. The number of hydrogen-bond donors (Lipinski definition) is 0. The molecule has 0 fully saturated rings. The number of fused-ring (bicyclic) bond motifs is 3. The van der Waals surface area contributed by atoms with Gasteiger partial charge in [-0.1, -0.05) is 431 Å². The largest absolute Gasteiger partial charge is 0.310 e. The first kappa shape index (κ1) is 87.4. The molecule has 666 valence electrons. The Balaban J connectivity index is 0.000000121. The van der Waals surface area contributed by atoms with E-state index in [1.807, 2.05) is 127 Å². The third-order valence-electron chi connectivity index (χ3n) is 25.4. The summed E-state index contributed by atoms with van der Waals surface area (Å²) >= 11 is 0. The molecule has 0 radical (unpaired) electrons. The van der Waals surface area contributed by atoms with Gasteiger partial charge in [0, 0.05) is 84.3 Å². The highest BCUT2D eigenvalue weighted by Crippen LogP contribution is 2.48. The Hall–Kier alpha value is -19.0. The number of anilines is 9. The fraction of sp³-hybridized carbons (Fsp3) is 0. The van der Waals surface area contributed by atoms with Crippen molar-refractivity contribution >= 4 is 84.3 Å². The van der Waals surface area contributed by atoms with Crippen LogP contribution >= 0.6 is 0 Å². The normalized spacial score (nSPS) is 11.0. The monoisotopic (exact) mass is 1800 g/mol. The molecule has 0 atom stereocenters. The lowest BCUT2D eigenvalue weighted by Gasteiger charge is -2.28. The fourth-order valence-electron chi connectivity index (χ4n) is 18.6. The molecule has 0 aliphatic rings. The zero-order valence-electron chi connectivity index (χ0n) is 77.2. The highest BCUT2D eigenvalue weighted by atomic mass is 15.2. The van der Waals surface area contributed by atoms with Crippen LogP contribution in [0.3, 0.4) is 0 Å². The Bertz CT molecular complexity index is 8400. The maximum absolute atomic E-state index is 5.13. The molecule has 0 aliphatic heterocycles. The minimum Gasteiger partial charge on any atom is -0.310 e. The first-order valence-electron chi connectivity index (χ1n) is 47.5. The Morgan fingerprint density at radius 1 is 0.106 bits per heavy atom. The van der Waals surface area contributed by atoms with Gasteiger partial charge in [0.1, 0.15) is 0 Å². The number of benzene rings is 21. The Kier molecular flexibility index (Phi) is 25.5. The van der Waals surface area contributed by atoms with Gasteiger partial charge in [0.05, 0.1) is 78.6 Å². The zero-order valence-corrected chi connectivity index (χ0v) is 77.2. The van der Waals surface area contributed by atoms with Crippen molar-refractivity contribution < 1.29 is 0 Å². The van der Waals surface area contributed by atoms with E-state index in [0.717, 1.165) is 169 Å². The molecule has 9 heteroatoms. The van der Waals surface area contributed by atoms with Crippen molar-refractivity contribution in [2.75, 3.05) is 14.7 Å². The third kappa shape index (κ3) is 19.1. The van der Waals surface area contributed by atoms with Crippen LogP contribution in [-0.2, 0) is 0 Å². The molecule has 0 amide bonds. The van der Waals surface area contributed by atoms with Crippen molar-refractivity contribution in [3.05, 3.63) is 564 Å². The van der Waals surface area contributed by atoms with Gasteiger partial charge in [0.15, 0.2) is 0 Å². The van der Waals surface area contributed by atoms with Gasteiger partial charge in [-0.25, -0.2) is 29.9 Å². The number of hydrogen-bond acceptors (Lipinski definition) is 9. The maximum atomic E-state index is 5.13. The lowest BCUT2D eigenvalue weighted by atomic mass is 9.93. The maximum Gasteiger partial charge on any atom is 0.0973 e. The molecule has 24 aromatic rings. The summed E-state index contributed by atoms with van der Waals surface area (Å²) in [6.45, 7) is 0. The van der Waals surface area contributed by atoms with E-state index in [0.29, 0.717) is 0 Å². The van der Waals surface area contributed by atoms with Crippen LogP contribution in [0, 0.1) is 0 Å². The van der Waals surface area contributed by atoms with Gasteiger partial charge in [0.25, 0.3) is 0 Å². The molecule has 0 spiro atoms. The summed E-state index contributed by atoms with van der Waals surface area (Å²) in [6.07, 6.45) is 0. The zero-order chi connectivity index (χ0) is 94.3. The third-order valence-corrected chi connectivity index (χ3v) is 25.4. The Morgan fingerprint density at radius 2 is 0.298 bits per heavy atom. The van der Waals surface area contributed by atoms with E-state index >= 15 is 0 Å². The summed E-state index contributed by atoms with van der Waals surface area (Å²) in [5.41, 5.74) is 40.7. The van der Waals surface area contributed by atoms with E-state index in [2.05, 4.69) is 451 Å². The fourth-order valence-corrected chi connectivity index (χ4v) is 18.6.